The molecule has 1 aliphatic heterocycles. The summed E-state index contributed by atoms with van der Waals surface area (Å²) in [6, 6.07) is 0. The predicted octanol–water partition coefficient (Wildman–Crippen LogP) is 1.22. The van der Waals surface area contributed by atoms with E-state index in [2.05, 4.69) is 12.2 Å². The summed E-state index contributed by atoms with van der Waals surface area (Å²) in [5.74, 6) is -0.916. The first-order valence-electron chi connectivity index (χ1n) is 6.54. The fraction of sp³-hybridized carbons (Fsp3) is 0.769. The second kappa shape index (κ2) is 5.98. The first kappa shape index (κ1) is 14.7. The lowest BCUT2D eigenvalue weighted by molar-refractivity contribution is -0.155. The first-order chi connectivity index (χ1) is 8.39. The van der Waals surface area contributed by atoms with Gasteiger partial charge >= 0.3 is 0 Å². The van der Waals surface area contributed by atoms with Crippen molar-refractivity contribution in [2.75, 3.05) is 6.54 Å². The highest BCUT2D eigenvalue weighted by Gasteiger charge is 2.42. The van der Waals surface area contributed by atoms with Crippen molar-refractivity contribution >= 4 is 17.7 Å². The van der Waals surface area contributed by atoms with Gasteiger partial charge in [0.2, 0.25) is 11.8 Å². The predicted molar refractivity (Wildman–Crippen MR) is 67.7 cm³/mol. The molecule has 0 bridgehead atoms. The number of hydrogen-bond acceptors (Lipinski definition) is 3. The fourth-order valence-corrected chi connectivity index (χ4v) is 2.02. The van der Waals surface area contributed by atoms with Crippen LogP contribution >= 0.6 is 0 Å². The van der Waals surface area contributed by atoms with Crippen LogP contribution in [0.3, 0.4) is 0 Å². The van der Waals surface area contributed by atoms with E-state index < -0.39 is 17.4 Å². The molecular formula is C13H22N2O3. The van der Waals surface area contributed by atoms with Crippen LogP contribution in [0.5, 0.6) is 0 Å². The standard InChI is InChI=1S/C13H22N2O3/c1-4-5-6-7-8-11(17)15-9-10(16)14-12(18)13(15,2)3/h4-9H2,1-3H3,(H,14,16,18). The third-order valence-corrected chi connectivity index (χ3v) is 3.33. The van der Waals surface area contributed by atoms with E-state index in [0.29, 0.717) is 6.42 Å². The van der Waals surface area contributed by atoms with Gasteiger partial charge in [-0.25, -0.2) is 0 Å². The van der Waals surface area contributed by atoms with E-state index in [4.69, 9.17) is 0 Å². The molecule has 0 aromatic heterocycles. The summed E-state index contributed by atoms with van der Waals surface area (Å²) in [6.45, 7) is 5.42. The third-order valence-electron chi connectivity index (χ3n) is 3.33. The molecule has 1 fully saturated rings. The number of piperazine rings is 1. The minimum absolute atomic E-state index is 0.0225. The molecule has 0 saturated carbocycles. The molecule has 102 valence electrons. The van der Waals surface area contributed by atoms with E-state index in [1.807, 2.05) is 0 Å². The SMILES string of the molecule is CCCCCCC(=O)N1CC(=O)NC(=O)C1(C)C. The van der Waals surface area contributed by atoms with Crippen molar-refractivity contribution in [1.29, 1.82) is 0 Å². The van der Waals surface area contributed by atoms with E-state index in [1.54, 1.807) is 13.8 Å². The number of hydrogen-bond donors (Lipinski definition) is 1. The van der Waals surface area contributed by atoms with Gasteiger partial charge in [-0.3, -0.25) is 19.7 Å². The maximum Gasteiger partial charge on any atom is 0.252 e. The Kier molecular flexibility index (Phi) is 4.87. The highest BCUT2D eigenvalue weighted by atomic mass is 16.2. The number of rotatable bonds is 5. The molecule has 0 radical (unpaired) electrons. The molecule has 0 aromatic rings. The van der Waals surface area contributed by atoms with Gasteiger partial charge in [-0.1, -0.05) is 26.2 Å². The van der Waals surface area contributed by atoms with Gasteiger partial charge in [0, 0.05) is 6.42 Å². The number of carbonyl (C=O) groups is 3. The van der Waals surface area contributed by atoms with Crippen molar-refractivity contribution in [2.24, 2.45) is 0 Å². The molecule has 0 atom stereocenters. The highest BCUT2D eigenvalue weighted by Crippen LogP contribution is 2.20. The second-order valence-electron chi connectivity index (χ2n) is 5.23. The van der Waals surface area contributed by atoms with Crippen LogP contribution in [0, 0.1) is 0 Å². The summed E-state index contributed by atoms with van der Waals surface area (Å²) in [5, 5.41) is 2.26. The van der Waals surface area contributed by atoms with Gasteiger partial charge in [0.05, 0.1) is 0 Å². The summed E-state index contributed by atoms with van der Waals surface area (Å²) >= 11 is 0. The molecule has 18 heavy (non-hydrogen) atoms. The Bertz CT molecular complexity index is 350. The number of nitrogens with zero attached hydrogens (tertiary/aromatic N) is 1. The molecule has 1 rings (SSSR count). The maximum absolute atomic E-state index is 12.1. The largest absolute Gasteiger partial charge is 0.319 e. The number of carbonyl (C=O) groups excluding carboxylic acids is 3. The Labute approximate surface area is 108 Å². The van der Waals surface area contributed by atoms with Gasteiger partial charge in [-0.2, -0.15) is 0 Å². The van der Waals surface area contributed by atoms with Crippen molar-refractivity contribution in [3.63, 3.8) is 0 Å². The van der Waals surface area contributed by atoms with Crippen molar-refractivity contribution in [3.05, 3.63) is 0 Å². The Balaban J connectivity index is 2.59. The van der Waals surface area contributed by atoms with Crippen LogP contribution in [0.25, 0.3) is 0 Å². The van der Waals surface area contributed by atoms with Gasteiger partial charge in [0.15, 0.2) is 0 Å². The molecule has 5 heteroatoms. The molecule has 0 aromatic carbocycles. The monoisotopic (exact) mass is 254 g/mol. The van der Waals surface area contributed by atoms with Gasteiger partial charge in [-0.15, -0.1) is 0 Å². The lowest BCUT2D eigenvalue weighted by Gasteiger charge is -2.40. The van der Waals surface area contributed by atoms with E-state index >= 15 is 0 Å². The molecular weight excluding hydrogens is 232 g/mol. The number of nitrogens with one attached hydrogen (secondary N) is 1. The average Bonchev–Trinajstić information content (AvgIpc) is 2.29. The second-order valence-corrected chi connectivity index (χ2v) is 5.23. The third kappa shape index (κ3) is 3.31. The average molecular weight is 254 g/mol. The Morgan fingerprint density at radius 3 is 2.56 bits per heavy atom. The van der Waals surface area contributed by atoms with Crippen LogP contribution in [0.4, 0.5) is 0 Å². The molecule has 5 nitrogen and oxygen atoms in total. The zero-order valence-corrected chi connectivity index (χ0v) is 11.4. The van der Waals surface area contributed by atoms with Crippen LogP contribution in [0.15, 0.2) is 0 Å². The van der Waals surface area contributed by atoms with Crippen LogP contribution in [0.1, 0.15) is 52.9 Å². The Morgan fingerprint density at radius 1 is 1.28 bits per heavy atom. The van der Waals surface area contributed by atoms with Crippen molar-refractivity contribution in [2.45, 2.75) is 58.4 Å². The summed E-state index contributed by atoms with van der Waals surface area (Å²) < 4.78 is 0. The quantitative estimate of drug-likeness (QED) is 0.592. The van der Waals surface area contributed by atoms with Gasteiger partial charge in [0.1, 0.15) is 12.1 Å². The lowest BCUT2D eigenvalue weighted by atomic mass is 9.97. The van der Waals surface area contributed by atoms with Crippen molar-refractivity contribution in [3.8, 4) is 0 Å². The fourth-order valence-electron chi connectivity index (χ4n) is 2.02. The molecule has 1 saturated heterocycles. The molecule has 1 aliphatic rings. The van der Waals surface area contributed by atoms with Crippen LogP contribution in [0.2, 0.25) is 0 Å². The normalized spacial score (nSPS) is 18.7. The molecule has 0 aliphatic carbocycles. The number of imide groups is 1. The minimum Gasteiger partial charge on any atom is -0.319 e. The maximum atomic E-state index is 12.1. The summed E-state index contributed by atoms with van der Waals surface area (Å²) in [6.07, 6.45) is 4.45. The van der Waals surface area contributed by atoms with Crippen LogP contribution in [-0.2, 0) is 14.4 Å². The smallest absolute Gasteiger partial charge is 0.252 e. The number of unbranched alkanes of at least 4 members (excludes halogenated alkanes) is 3. The zero-order valence-electron chi connectivity index (χ0n) is 11.4. The summed E-state index contributed by atoms with van der Waals surface area (Å²) in [7, 11) is 0. The van der Waals surface area contributed by atoms with Crippen LogP contribution in [-0.4, -0.2) is 34.7 Å². The van der Waals surface area contributed by atoms with E-state index in [9.17, 15) is 14.4 Å². The van der Waals surface area contributed by atoms with E-state index in [1.165, 1.54) is 4.90 Å². The zero-order chi connectivity index (χ0) is 13.8. The summed E-state index contributed by atoms with van der Waals surface area (Å²) in [4.78, 5) is 36.5. The van der Waals surface area contributed by atoms with Crippen LogP contribution < -0.4 is 5.32 Å². The van der Waals surface area contributed by atoms with Gasteiger partial charge in [-0.05, 0) is 20.3 Å². The Hall–Kier alpha value is -1.39. The van der Waals surface area contributed by atoms with E-state index in [-0.39, 0.29) is 12.5 Å². The molecule has 0 spiro atoms. The van der Waals surface area contributed by atoms with Gasteiger partial charge in [0.25, 0.3) is 5.91 Å². The molecule has 1 heterocycles. The number of amides is 3. The van der Waals surface area contributed by atoms with E-state index in [0.717, 1.165) is 25.7 Å². The van der Waals surface area contributed by atoms with Crippen molar-refractivity contribution < 1.29 is 14.4 Å². The lowest BCUT2D eigenvalue weighted by Crippen LogP contribution is -2.65. The molecule has 1 N–H and O–H groups in total. The Morgan fingerprint density at radius 2 is 1.94 bits per heavy atom. The topological polar surface area (TPSA) is 66.5 Å². The summed E-state index contributed by atoms with van der Waals surface area (Å²) in [5.41, 5.74) is -0.935. The molecule has 0 unspecified atom stereocenters. The highest BCUT2D eigenvalue weighted by molar-refractivity contribution is 6.06. The van der Waals surface area contributed by atoms with Crippen molar-refractivity contribution in [1.82, 2.24) is 10.2 Å². The molecule has 3 amide bonds. The first-order valence-corrected chi connectivity index (χ1v) is 6.54. The van der Waals surface area contributed by atoms with Gasteiger partial charge < -0.3 is 4.90 Å². The minimum atomic E-state index is -0.935.